The van der Waals surface area contributed by atoms with Crippen LogP contribution >= 0.6 is 0 Å². The Morgan fingerprint density at radius 1 is 1.00 bits per heavy atom. The van der Waals surface area contributed by atoms with Crippen LogP contribution in [0.1, 0.15) is 54.7 Å². The molecule has 238 valence electrons. The van der Waals surface area contributed by atoms with Gasteiger partial charge < -0.3 is 23.8 Å². The molecule has 11 nitrogen and oxygen atoms in total. The number of nitrogens with one attached hydrogen (secondary N) is 1. The van der Waals surface area contributed by atoms with Crippen LogP contribution in [0.15, 0.2) is 18.2 Å². The van der Waals surface area contributed by atoms with Gasteiger partial charge in [-0.25, -0.2) is 9.18 Å². The lowest BCUT2D eigenvalue weighted by Gasteiger charge is -2.29. The maximum absolute atomic E-state index is 15.2. The first-order valence-electron chi connectivity index (χ1n) is 13.0. The summed E-state index contributed by atoms with van der Waals surface area (Å²) in [5, 5.41) is 8.53. The van der Waals surface area contributed by atoms with Gasteiger partial charge in [0.2, 0.25) is 5.91 Å². The van der Waals surface area contributed by atoms with Gasteiger partial charge in [0.05, 0.1) is 39.1 Å². The van der Waals surface area contributed by atoms with Gasteiger partial charge in [-0.15, -0.1) is 0 Å². The third kappa shape index (κ3) is 6.76. The molecule has 0 unspecified atom stereocenters. The molecule has 1 aliphatic heterocycles. The molecule has 0 fully saturated rings. The zero-order valence-electron chi connectivity index (χ0n) is 25.0. The van der Waals surface area contributed by atoms with E-state index in [1.54, 1.807) is 20.8 Å². The molecule has 1 heterocycles. The van der Waals surface area contributed by atoms with Crippen LogP contribution in [0.4, 0.5) is 23.2 Å². The lowest BCUT2D eigenvalue weighted by molar-refractivity contribution is -0.189. The molecule has 1 aliphatic rings. The minimum Gasteiger partial charge on any atom is -0.493 e. The SMILES string of the molecule is COC(=O)CN(C(C)=O)c1cc(C(=O)CN2Cc3cc(OC)c(OC)c(F)c3C2=N)cc(C(C)(C)C)c1OC(=O)C(F)(F)F. The van der Waals surface area contributed by atoms with Gasteiger partial charge in [0, 0.05) is 24.6 Å². The summed E-state index contributed by atoms with van der Waals surface area (Å²) < 4.78 is 74.7. The van der Waals surface area contributed by atoms with Crippen LogP contribution in [0.3, 0.4) is 0 Å². The molecule has 0 saturated heterocycles. The number of hydrogen-bond acceptors (Lipinski definition) is 9. The predicted molar refractivity (Wildman–Crippen MR) is 148 cm³/mol. The fourth-order valence-corrected chi connectivity index (χ4v) is 4.57. The quantitative estimate of drug-likeness (QED) is 0.189. The number of nitrogens with zero attached hydrogens (tertiary/aromatic N) is 2. The molecule has 0 atom stereocenters. The van der Waals surface area contributed by atoms with Gasteiger partial charge in [0.25, 0.3) is 0 Å². The average Bonchev–Trinajstić information content (AvgIpc) is 3.24. The van der Waals surface area contributed by atoms with Crippen molar-refractivity contribution in [2.45, 2.75) is 45.8 Å². The van der Waals surface area contributed by atoms with E-state index >= 15 is 4.39 Å². The monoisotopic (exact) mass is 625 g/mol. The molecular weight excluding hydrogens is 594 g/mol. The molecule has 3 rings (SSSR count). The number of alkyl halides is 3. The molecule has 0 bridgehead atoms. The molecule has 1 N–H and O–H groups in total. The minimum absolute atomic E-state index is 0.0562. The topological polar surface area (TPSA) is 136 Å². The molecular formula is C29H31F4N3O8. The number of rotatable bonds is 9. The highest BCUT2D eigenvalue weighted by Crippen LogP contribution is 2.42. The fraction of sp³-hybridized carbons (Fsp3) is 0.414. The molecule has 15 heteroatoms. The number of ketones is 1. The molecule has 0 aliphatic carbocycles. The first-order valence-corrected chi connectivity index (χ1v) is 13.0. The van der Waals surface area contributed by atoms with Crippen molar-refractivity contribution in [1.29, 1.82) is 5.41 Å². The van der Waals surface area contributed by atoms with Gasteiger partial charge in [-0.3, -0.25) is 24.7 Å². The second-order valence-electron chi connectivity index (χ2n) is 10.8. The molecule has 2 aromatic carbocycles. The second kappa shape index (κ2) is 12.5. The van der Waals surface area contributed by atoms with E-state index in [-0.39, 0.29) is 40.6 Å². The summed E-state index contributed by atoms with van der Waals surface area (Å²) in [6.07, 6.45) is -5.41. The van der Waals surface area contributed by atoms with E-state index in [4.69, 9.17) is 19.6 Å². The fourth-order valence-electron chi connectivity index (χ4n) is 4.57. The van der Waals surface area contributed by atoms with E-state index < -0.39 is 65.6 Å². The summed E-state index contributed by atoms with van der Waals surface area (Å²) in [5.41, 5.74) is -1.48. The van der Waals surface area contributed by atoms with E-state index in [9.17, 15) is 32.3 Å². The van der Waals surface area contributed by atoms with Crippen molar-refractivity contribution < 1.29 is 55.7 Å². The van der Waals surface area contributed by atoms with Gasteiger partial charge >= 0.3 is 18.1 Å². The highest BCUT2D eigenvalue weighted by atomic mass is 19.4. The number of ether oxygens (including phenoxy) is 4. The number of methoxy groups -OCH3 is 3. The van der Waals surface area contributed by atoms with Crippen LogP contribution in [-0.2, 0) is 31.1 Å². The van der Waals surface area contributed by atoms with Crippen molar-refractivity contribution in [2.24, 2.45) is 0 Å². The number of carbonyl (C=O) groups excluding carboxylic acids is 4. The second-order valence-corrected chi connectivity index (χ2v) is 10.8. The highest BCUT2D eigenvalue weighted by molar-refractivity contribution is 6.07. The molecule has 1 amide bonds. The smallest absolute Gasteiger partial charge is 0.491 e. The van der Waals surface area contributed by atoms with E-state index in [1.807, 2.05) is 0 Å². The highest BCUT2D eigenvalue weighted by Gasteiger charge is 2.43. The van der Waals surface area contributed by atoms with Crippen molar-refractivity contribution in [1.82, 2.24) is 4.90 Å². The number of amidine groups is 1. The average molecular weight is 626 g/mol. The lowest BCUT2D eigenvalue weighted by atomic mass is 9.84. The Morgan fingerprint density at radius 3 is 2.14 bits per heavy atom. The molecule has 0 aromatic heterocycles. The predicted octanol–water partition coefficient (Wildman–Crippen LogP) is 4.16. The van der Waals surface area contributed by atoms with Gasteiger partial charge in [-0.2, -0.15) is 13.2 Å². The van der Waals surface area contributed by atoms with Crippen LogP contribution in [-0.4, -0.2) is 75.0 Å². The Kier molecular flexibility index (Phi) is 9.61. The number of carbonyl (C=O) groups is 4. The normalized spacial score (nSPS) is 12.9. The number of halogens is 4. The van der Waals surface area contributed by atoms with Crippen LogP contribution in [0.2, 0.25) is 0 Å². The number of Topliss-reactive ketones (excluding diaryl/α,β-unsaturated/α-hetero) is 1. The first kappa shape index (κ1) is 33.8. The summed E-state index contributed by atoms with van der Waals surface area (Å²) >= 11 is 0. The van der Waals surface area contributed by atoms with Crippen molar-refractivity contribution in [2.75, 3.05) is 39.3 Å². The summed E-state index contributed by atoms with van der Waals surface area (Å²) in [6.45, 7) is 4.40. The van der Waals surface area contributed by atoms with E-state index in [2.05, 4.69) is 4.74 Å². The third-order valence-corrected chi connectivity index (χ3v) is 6.75. The number of benzene rings is 2. The lowest BCUT2D eigenvalue weighted by Crippen LogP contribution is -2.37. The number of esters is 2. The van der Waals surface area contributed by atoms with Gasteiger partial charge in [0.1, 0.15) is 12.4 Å². The number of fused-ring (bicyclic) bond motifs is 1. The zero-order chi connectivity index (χ0) is 33.3. The third-order valence-electron chi connectivity index (χ3n) is 6.75. The Balaban J connectivity index is 2.15. The van der Waals surface area contributed by atoms with E-state index in [0.29, 0.717) is 5.56 Å². The van der Waals surface area contributed by atoms with Gasteiger partial charge in [0.15, 0.2) is 28.8 Å². The summed E-state index contributed by atoms with van der Waals surface area (Å²) in [5.74, 6) is -7.03. The van der Waals surface area contributed by atoms with Crippen LogP contribution < -0.4 is 19.1 Å². The van der Waals surface area contributed by atoms with E-state index in [1.165, 1.54) is 31.3 Å². The molecule has 0 radical (unpaired) electrons. The standard InChI is InChI=1S/C29H31F4N3O8/c1-14(37)36(13-21(39)42-6)18-9-15(8-17(28(2,3)4)24(18)44-27(40)29(31,32)33)19(38)12-35-11-16-10-20(41-5)25(43-7)23(30)22(16)26(35)34/h8-10,34H,11-13H2,1-7H3. The number of amides is 1. The largest absolute Gasteiger partial charge is 0.493 e. The van der Waals surface area contributed by atoms with Crippen molar-refractivity contribution in [3.63, 3.8) is 0 Å². The Bertz CT molecular complexity index is 1530. The Hall–Kier alpha value is -4.69. The Morgan fingerprint density at radius 2 is 1.64 bits per heavy atom. The summed E-state index contributed by atoms with van der Waals surface area (Å²) in [7, 11) is 3.58. The van der Waals surface area contributed by atoms with Crippen molar-refractivity contribution in [3.8, 4) is 17.2 Å². The van der Waals surface area contributed by atoms with Crippen LogP contribution in [0.25, 0.3) is 0 Å². The molecule has 44 heavy (non-hydrogen) atoms. The van der Waals surface area contributed by atoms with Crippen molar-refractivity contribution in [3.05, 3.63) is 46.3 Å². The minimum atomic E-state index is -5.41. The molecule has 0 saturated carbocycles. The molecule has 2 aromatic rings. The van der Waals surface area contributed by atoms with E-state index in [0.717, 1.165) is 25.0 Å². The molecule has 0 spiro atoms. The summed E-state index contributed by atoms with van der Waals surface area (Å²) in [4.78, 5) is 52.4. The zero-order valence-corrected chi connectivity index (χ0v) is 25.0. The maximum Gasteiger partial charge on any atom is 0.491 e. The van der Waals surface area contributed by atoms with Gasteiger partial charge in [-0.05, 0) is 29.2 Å². The van der Waals surface area contributed by atoms with Crippen LogP contribution in [0, 0.1) is 11.2 Å². The summed E-state index contributed by atoms with van der Waals surface area (Å²) in [6, 6.07) is 3.70. The van der Waals surface area contributed by atoms with Gasteiger partial charge in [-0.1, -0.05) is 20.8 Å². The Labute approximate surface area is 250 Å². The number of anilines is 1. The first-order chi connectivity index (χ1) is 20.3. The van der Waals surface area contributed by atoms with Crippen molar-refractivity contribution >= 4 is 35.2 Å². The maximum atomic E-state index is 15.2. The van der Waals surface area contributed by atoms with Crippen LogP contribution in [0.5, 0.6) is 17.2 Å². The number of hydrogen-bond donors (Lipinski definition) is 1.